The number of allylic oxidation sites excluding steroid dienone is 2. The third-order valence-corrected chi connectivity index (χ3v) is 5.95. The minimum Gasteiger partial charge on any atom is -0.495 e. The number of hydrogen-bond acceptors (Lipinski definition) is 4. The molecule has 2 aromatic rings. The number of likely N-dealkylation sites (tertiary alicyclic amines) is 1. The summed E-state index contributed by atoms with van der Waals surface area (Å²) in [4.78, 5) is 15.1. The number of amides is 2. The van der Waals surface area contributed by atoms with E-state index in [2.05, 4.69) is 47.5 Å². The number of carbonyl (C=O) groups excluding carboxylic acids is 1. The molecule has 174 valence electrons. The van der Waals surface area contributed by atoms with E-state index in [0.29, 0.717) is 29.2 Å². The highest BCUT2D eigenvalue weighted by Crippen LogP contribution is 2.27. The van der Waals surface area contributed by atoms with Crippen LogP contribution in [0, 0.1) is 5.92 Å². The van der Waals surface area contributed by atoms with Crippen molar-refractivity contribution in [1.29, 1.82) is 0 Å². The lowest BCUT2D eigenvalue weighted by atomic mass is 10.0. The number of piperidine rings is 1. The second kappa shape index (κ2) is 11.7. The first-order valence-corrected chi connectivity index (χ1v) is 11.6. The third kappa shape index (κ3) is 6.85. The van der Waals surface area contributed by atoms with E-state index in [-0.39, 0.29) is 6.03 Å². The first-order chi connectivity index (χ1) is 15.5. The van der Waals surface area contributed by atoms with Gasteiger partial charge in [-0.05, 0) is 57.6 Å². The van der Waals surface area contributed by atoms with Crippen molar-refractivity contribution in [2.24, 2.45) is 5.92 Å². The molecule has 0 aliphatic carbocycles. The highest BCUT2D eigenvalue weighted by atomic mass is 16.5. The highest BCUT2D eigenvalue weighted by molar-refractivity contribution is 6.00. The Hall–Kier alpha value is -2.80. The van der Waals surface area contributed by atoms with E-state index in [9.17, 15) is 4.79 Å². The predicted molar refractivity (Wildman–Crippen MR) is 130 cm³/mol. The molecule has 7 heteroatoms. The van der Waals surface area contributed by atoms with Crippen molar-refractivity contribution >= 4 is 17.5 Å². The van der Waals surface area contributed by atoms with Crippen LogP contribution in [0.2, 0.25) is 0 Å². The van der Waals surface area contributed by atoms with Gasteiger partial charge in [0.2, 0.25) is 0 Å². The monoisotopic (exact) mass is 439 g/mol. The molecule has 1 aliphatic rings. The smallest absolute Gasteiger partial charge is 0.324 e. The summed E-state index contributed by atoms with van der Waals surface area (Å²) in [5.41, 5.74) is 2.03. The average molecular weight is 440 g/mol. The summed E-state index contributed by atoms with van der Waals surface area (Å²) in [6.07, 6.45) is 8.55. The van der Waals surface area contributed by atoms with Crippen LogP contribution in [0.1, 0.15) is 52.5 Å². The molecule has 1 fully saturated rings. The van der Waals surface area contributed by atoms with Gasteiger partial charge in [-0.15, -0.1) is 0 Å². The minimum atomic E-state index is -0.307. The molecule has 1 aromatic carbocycles. The summed E-state index contributed by atoms with van der Waals surface area (Å²) in [6, 6.07) is 9.19. The molecule has 32 heavy (non-hydrogen) atoms. The Morgan fingerprint density at radius 2 is 1.97 bits per heavy atom. The number of carbonyl (C=O) groups is 1. The maximum absolute atomic E-state index is 12.6. The molecule has 2 N–H and O–H groups in total. The molecule has 0 bridgehead atoms. The molecule has 2 amide bonds. The summed E-state index contributed by atoms with van der Waals surface area (Å²) in [6.45, 7) is 9.94. The molecule has 0 radical (unpaired) electrons. The van der Waals surface area contributed by atoms with Crippen LogP contribution in [0.15, 0.2) is 48.2 Å². The lowest BCUT2D eigenvalue weighted by Gasteiger charge is -2.34. The van der Waals surface area contributed by atoms with Crippen LogP contribution in [0.5, 0.6) is 5.75 Å². The SMILES string of the molecule is COc1ccccc1NC(=O)Nc1ccnn1C1CCN(C[C@@H](C)CCC=C(C)C)CC1. The Morgan fingerprint density at radius 1 is 1.22 bits per heavy atom. The van der Waals surface area contributed by atoms with Gasteiger partial charge in [0.15, 0.2) is 0 Å². The fourth-order valence-electron chi connectivity index (χ4n) is 4.26. The standard InChI is InChI=1S/C25H37N5O2/c1-19(2)8-7-9-20(3)18-29-16-13-21(14-17-29)30-24(12-15-26-30)28-25(31)27-22-10-5-6-11-23(22)32-4/h5-6,8,10-12,15,20-21H,7,9,13-14,16-18H2,1-4H3,(H2,27,28,31)/t20-/m0/s1. The van der Waals surface area contributed by atoms with Gasteiger partial charge in [0.25, 0.3) is 0 Å². The van der Waals surface area contributed by atoms with Crippen LogP contribution in [0.25, 0.3) is 0 Å². The van der Waals surface area contributed by atoms with Gasteiger partial charge in [-0.1, -0.05) is 30.7 Å². The van der Waals surface area contributed by atoms with Crippen molar-refractivity contribution in [3.63, 3.8) is 0 Å². The molecular weight excluding hydrogens is 402 g/mol. The summed E-state index contributed by atoms with van der Waals surface area (Å²) in [7, 11) is 1.59. The van der Waals surface area contributed by atoms with Gasteiger partial charge in [0, 0.05) is 25.7 Å². The van der Waals surface area contributed by atoms with Gasteiger partial charge in [-0.25, -0.2) is 9.48 Å². The van der Waals surface area contributed by atoms with Gasteiger partial charge in [-0.3, -0.25) is 5.32 Å². The number of hydrogen-bond donors (Lipinski definition) is 2. The molecule has 0 unspecified atom stereocenters. The number of methoxy groups -OCH3 is 1. The molecule has 7 nitrogen and oxygen atoms in total. The maximum atomic E-state index is 12.6. The largest absolute Gasteiger partial charge is 0.495 e. The average Bonchev–Trinajstić information content (AvgIpc) is 3.22. The van der Waals surface area contributed by atoms with Gasteiger partial charge in [-0.2, -0.15) is 5.10 Å². The van der Waals surface area contributed by atoms with E-state index in [1.165, 1.54) is 18.4 Å². The van der Waals surface area contributed by atoms with E-state index < -0.39 is 0 Å². The quantitative estimate of drug-likeness (QED) is 0.502. The predicted octanol–water partition coefficient (Wildman–Crippen LogP) is 5.56. The first kappa shape index (κ1) is 23.9. The Morgan fingerprint density at radius 3 is 2.69 bits per heavy atom. The zero-order valence-corrected chi connectivity index (χ0v) is 19.8. The zero-order valence-electron chi connectivity index (χ0n) is 19.8. The second-order valence-electron chi connectivity index (χ2n) is 8.94. The van der Waals surface area contributed by atoms with Crippen molar-refractivity contribution < 1.29 is 9.53 Å². The fourth-order valence-corrected chi connectivity index (χ4v) is 4.26. The Labute approximate surface area is 191 Å². The fraction of sp³-hybridized carbons (Fsp3) is 0.520. The molecule has 1 saturated heterocycles. The van der Waals surface area contributed by atoms with Crippen LogP contribution >= 0.6 is 0 Å². The van der Waals surface area contributed by atoms with Crippen molar-refractivity contribution in [2.75, 3.05) is 37.4 Å². The van der Waals surface area contributed by atoms with E-state index >= 15 is 0 Å². The van der Waals surface area contributed by atoms with Crippen LogP contribution < -0.4 is 15.4 Å². The van der Waals surface area contributed by atoms with Gasteiger partial charge in [0.1, 0.15) is 11.6 Å². The van der Waals surface area contributed by atoms with Crippen LogP contribution in [0.3, 0.4) is 0 Å². The number of para-hydroxylation sites is 2. The summed E-state index contributed by atoms with van der Waals surface area (Å²) >= 11 is 0. The van der Waals surface area contributed by atoms with Crippen LogP contribution in [-0.4, -0.2) is 47.5 Å². The number of aromatic nitrogens is 2. The molecule has 1 aliphatic heterocycles. The van der Waals surface area contributed by atoms with Gasteiger partial charge in [0.05, 0.1) is 25.0 Å². The van der Waals surface area contributed by atoms with E-state index in [1.54, 1.807) is 13.3 Å². The number of benzene rings is 1. The number of nitrogens with one attached hydrogen (secondary N) is 2. The highest BCUT2D eigenvalue weighted by Gasteiger charge is 2.24. The number of anilines is 2. The lowest BCUT2D eigenvalue weighted by molar-refractivity contribution is 0.159. The van der Waals surface area contributed by atoms with E-state index in [0.717, 1.165) is 32.5 Å². The zero-order chi connectivity index (χ0) is 22.9. The minimum absolute atomic E-state index is 0.295. The van der Waals surface area contributed by atoms with E-state index in [4.69, 9.17) is 4.74 Å². The molecule has 3 rings (SSSR count). The number of nitrogens with zero attached hydrogens (tertiary/aromatic N) is 3. The van der Waals surface area contributed by atoms with Crippen molar-refractivity contribution in [1.82, 2.24) is 14.7 Å². The molecule has 1 aromatic heterocycles. The van der Waals surface area contributed by atoms with Crippen molar-refractivity contribution in [3.05, 3.63) is 48.2 Å². The first-order valence-electron chi connectivity index (χ1n) is 11.6. The second-order valence-corrected chi connectivity index (χ2v) is 8.94. The van der Waals surface area contributed by atoms with Crippen LogP contribution in [-0.2, 0) is 0 Å². The number of urea groups is 1. The number of rotatable bonds is 9. The Kier molecular flexibility index (Phi) is 8.73. The molecule has 0 spiro atoms. The molecular formula is C25H37N5O2. The molecule has 0 saturated carbocycles. The normalized spacial score (nSPS) is 15.8. The number of ether oxygens (including phenoxy) is 1. The van der Waals surface area contributed by atoms with Crippen LogP contribution in [0.4, 0.5) is 16.3 Å². The maximum Gasteiger partial charge on any atom is 0.324 e. The van der Waals surface area contributed by atoms with Gasteiger partial charge < -0.3 is 15.0 Å². The summed E-state index contributed by atoms with van der Waals surface area (Å²) in [5.74, 6) is 2.03. The molecule has 1 atom stereocenters. The Balaban J connectivity index is 1.49. The molecule has 2 heterocycles. The summed E-state index contributed by atoms with van der Waals surface area (Å²) in [5, 5.41) is 10.3. The third-order valence-electron chi connectivity index (χ3n) is 5.95. The lowest BCUT2D eigenvalue weighted by Crippen LogP contribution is -2.38. The Bertz CT molecular complexity index is 895. The summed E-state index contributed by atoms with van der Waals surface area (Å²) < 4.78 is 7.26. The van der Waals surface area contributed by atoms with Crippen molar-refractivity contribution in [3.8, 4) is 5.75 Å². The van der Waals surface area contributed by atoms with Crippen molar-refractivity contribution in [2.45, 2.75) is 52.5 Å². The van der Waals surface area contributed by atoms with Gasteiger partial charge >= 0.3 is 6.03 Å². The van der Waals surface area contributed by atoms with E-state index in [1.807, 2.05) is 35.0 Å². The topological polar surface area (TPSA) is 71.4 Å².